The molecule has 2 aromatic heterocycles. The van der Waals surface area contributed by atoms with Gasteiger partial charge in [0.25, 0.3) is 0 Å². The van der Waals surface area contributed by atoms with Gasteiger partial charge in [0.15, 0.2) is 5.82 Å². The van der Waals surface area contributed by atoms with E-state index in [9.17, 15) is 44.7 Å². The fraction of sp³-hybridized carbons (Fsp3) is 0.400. The van der Waals surface area contributed by atoms with Gasteiger partial charge in [0, 0.05) is 24.1 Å². The van der Waals surface area contributed by atoms with Crippen LogP contribution in [-0.2, 0) is 47.8 Å². The number of hydrogen-bond acceptors (Lipinski definition) is 10. The number of benzene rings is 2. The Kier molecular flexibility index (Phi) is 12.2. The summed E-state index contributed by atoms with van der Waals surface area (Å²) in [7, 11) is 0. The molecule has 12 nitrogen and oxygen atoms in total. The number of rotatable bonds is 6. The predicted molar refractivity (Wildman–Crippen MR) is 201 cm³/mol. The fourth-order valence-corrected chi connectivity index (χ4v) is 6.45. The van der Waals surface area contributed by atoms with Crippen LogP contribution in [0, 0.1) is 11.6 Å². The Morgan fingerprint density at radius 3 is 1.79 bits per heavy atom. The van der Waals surface area contributed by atoms with Crippen molar-refractivity contribution in [3.05, 3.63) is 98.9 Å². The van der Waals surface area contributed by atoms with Gasteiger partial charge in [-0.2, -0.15) is 36.3 Å². The zero-order valence-electron chi connectivity index (χ0n) is 33.3. The maximum atomic E-state index is 14.0. The van der Waals surface area contributed by atoms with Crippen molar-refractivity contribution in [3.63, 3.8) is 0 Å². The number of alkyl halides is 6. The summed E-state index contributed by atoms with van der Waals surface area (Å²) in [6.07, 6.45) is -9.06. The van der Waals surface area contributed by atoms with Crippen molar-refractivity contribution in [2.45, 2.75) is 97.1 Å². The van der Waals surface area contributed by atoms with Gasteiger partial charge in [-0.05, 0) is 102 Å². The maximum absolute atomic E-state index is 14.0. The highest BCUT2D eigenvalue weighted by Gasteiger charge is 2.39. The van der Waals surface area contributed by atoms with E-state index in [4.69, 9.17) is 30.5 Å². The summed E-state index contributed by atoms with van der Waals surface area (Å²) in [5.74, 6) is -4.81. The molecule has 4 heterocycles. The molecule has 61 heavy (non-hydrogen) atoms. The van der Waals surface area contributed by atoms with Crippen molar-refractivity contribution in [3.8, 4) is 23.3 Å². The highest BCUT2D eigenvalue weighted by atomic mass is 35.5. The molecule has 0 bridgehead atoms. The molecular weight excluding hydrogens is 848 g/mol. The number of hydrogen-bond donors (Lipinski definition) is 0. The third-order valence-corrected chi connectivity index (χ3v) is 9.03. The molecule has 2 aliphatic heterocycles. The number of aromatic nitrogens is 4. The quantitative estimate of drug-likeness (QED) is 0.136. The minimum Gasteiger partial charge on any atom is -0.444 e. The fourth-order valence-electron chi connectivity index (χ4n) is 6.28. The Hall–Kier alpha value is -5.79. The van der Waals surface area contributed by atoms with E-state index in [1.54, 1.807) is 41.5 Å². The second-order valence-electron chi connectivity index (χ2n) is 15.9. The van der Waals surface area contributed by atoms with Gasteiger partial charge >= 0.3 is 24.5 Å². The van der Waals surface area contributed by atoms with Crippen LogP contribution in [0.3, 0.4) is 0 Å². The minimum absolute atomic E-state index is 0.0255. The van der Waals surface area contributed by atoms with Crippen LogP contribution >= 0.6 is 11.6 Å². The lowest BCUT2D eigenvalue weighted by Crippen LogP contribution is -2.46. The Labute approximate surface area is 348 Å². The number of amides is 2. The summed E-state index contributed by atoms with van der Waals surface area (Å²) in [6, 6.07) is 2.62. The van der Waals surface area contributed by atoms with Crippen LogP contribution in [0.1, 0.15) is 81.0 Å². The van der Waals surface area contributed by atoms with Gasteiger partial charge in [0.1, 0.15) is 45.5 Å². The van der Waals surface area contributed by atoms with Gasteiger partial charge in [0.2, 0.25) is 17.0 Å². The van der Waals surface area contributed by atoms with E-state index in [1.807, 2.05) is 0 Å². The molecule has 0 fully saturated rings. The molecule has 0 radical (unpaired) electrons. The van der Waals surface area contributed by atoms with E-state index in [-0.39, 0.29) is 78.8 Å². The van der Waals surface area contributed by atoms with Crippen LogP contribution in [0.2, 0.25) is 5.28 Å². The summed E-state index contributed by atoms with van der Waals surface area (Å²) in [6.45, 7) is 9.41. The Morgan fingerprint density at radius 1 is 0.721 bits per heavy atom. The lowest BCUT2D eigenvalue weighted by atomic mass is 9.98. The van der Waals surface area contributed by atoms with E-state index in [1.165, 1.54) is 22.0 Å². The third kappa shape index (κ3) is 10.9. The number of ether oxygens (including phenoxy) is 4. The first-order valence-electron chi connectivity index (χ1n) is 18.4. The smallest absolute Gasteiger partial charge is 0.420 e. The molecule has 0 saturated carbocycles. The zero-order chi connectivity index (χ0) is 44.8. The molecule has 0 aliphatic carbocycles. The van der Waals surface area contributed by atoms with Gasteiger partial charge in [-0.15, -0.1) is 0 Å². The number of fused-ring (bicyclic) bond motifs is 2. The van der Waals surface area contributed by atoms with E-state index < -0.39 is 87.2 Å². The Morgan fingerprint density at radius 2 is 1.25 bits per heavy atom. The van der Waals surface area contributed by atoms with Gasteiger partial charge < -0.3 is 23.8 Å². The van der Waals surface area contributed by atoms with E-state index in [2.05, 4.69) is 19.9 Å². The molecule has 4 aromatic rings. The summed E-state index contributed by atoms with van der Waals surface area (Å²) in [5, 5.41) is -0.437. The average molecular weight is 885 g/mol. The first-order valence-corrected chi connectivity index (χ1v) is 18.8. The van der Waals surface area contributed by atoms with Crippen molar-refractivity contribution in [2.24, 2.45) is 0 Å². The van der Waals surface area contributed by atoms with Crippen LogP contribution in [0.15, 0.2) is 42.5 Å². The van der Waals surface area contributed by atoms with Crippen LogP contribution in [-0.4, -0.2) is 65.7 Å². The van der Waals surface area contributed by atoms with Gasteiger partial charge in [-0.3, -0.25) is 4.90 Å². The summed E-state index contributed by atoms with van der Waals surface area (Å²) in [4.78, 5) is 46.4. The van der Waals surface area contributed by atoms with Crippen molar-refractivity contribution >= 4 is 29.9 Å². The molecule has 2 aromatic carbocycles. The minimum atomic E-state index is -5.03. The topological polar surface area (TPSA) is 129 Å². The third-order valence-electron chi connectivity index (χ3n) is 8.86. The van der Waals surface area contributed by atoms with Gasteiger partial charge in [-0.25, -0.2) is 28.3 Å². The second kappa shape index (κ2) is 16.6. The molecule has 0 spiro atoms. The van der Waals surface area contributed by atoms with Crippen molar-refractivity contribution < 1.29 is 63.7 Å². The van der Waals surface area contributed by atoms with Crippen molar-refractivity contribution in [1.82, 2.24) is 29.7 Å². The lowest BCUT2D eigenvalue weighted by Gasteiger charge is -2.36. The Bertz CT molecular complexity index is 2380. The van der Waals surface area contributed by atoms with Gasteiger partial charge in [-0.1, -0.05) is 6.08 Å². The van der Waals surface area contributed by atoms with Crippen molar-refractivity contribution in [1.29, 1.82) is 0 Å². The molecule has 2 amide bonds. The predicted octanol–water partition coefficient (Wildman–Crippen LogP) is 10.5. The van der Waals surface area contributed by atoms with E-state index in [0.29, 0.717) is 0 Å². The number of carbonyl (C=O) groups excluding carboxylic acids is 2. The molecule has 326 valence electrons. The molecule has 1 atom stereocenters. The van der Waals surface area contributed by atoms with E-state index in [0.717, 1.165) is 24.3 Å². The Balaban J connectivity index is 1.43. The zero-order valence-corrected chi connectivity index (χ0v) is 34.0. The van der Waals surface area contributed by atoms with E-state index >= 15 is 0 Å². The molecule has 0 saturated heterocycles. The monoisotopic (exact) mass is 884 g/mol. The van der Waals surface area contributed by atoms with Gasteiger partial charge in [0.05, 0.1) is 30.5 Å². The summed E-state index contributed by atoms with van der Waals surface area (Å²) < 4.78 is 134. The molecule has 6 rings (SSSR count). The number of nitrogens with zero attached hydrogens (tertiary/aromatic N) is 6. The standard InChI is InChI=1S/C40H37ClF8N6O6/c1-37(2,3)60-35(56)54-14-13-23-27(18-54)50-31(52-32(23)58-29-10-7-20(42)15-25(29)39(44,45)46)12-9-22-17-24-28(19-55(22)36(57)61-38(4,5)6)51-34(41)53-33(24)59-30-11-8-21(43)16-26(30)40(47,48)49/h7-12,15-16,22H,13-14,17-19H2,1-6H3/b12-9+. The molecule has 2 aliphatic rings. The van der Waals surface area contributed by atoms with Crippen LogP contribution in [0.4, 0.5) is 44.7 Å². The number of carbonyl (C=O) groups is 2. The normalized spacial score (nSPS) is 16.0. The van der Waals surface area contributed by atoms with Crippen LogP contribution in [0.5, 0.6) is 23.3 Å². The summed E-state index contributed by atoms with van der Waals surface area (Å²) >= 11 is 6.17. The molecular formula is C40H37ClF8N6O6. The largest absolute Gasteiger partial charge is 0.444 e. The highest BCUT2D eigenvalue weighted by molar-refractivity contribution is 6.28. The SMILES string of the molecule is CC(C)(C)OC(=O)N1CCc2c(nc(/C=C/C3Cc4c(nc(Cl)nc4Oc4ccc(F)cc4C(F)(F)F)CN3C(=O)OC(C)(C)C)nc2Oc2ccc(F)cc2C(F)(F)F)C1. The first kappa shape index (κ1) is 44.8. The van der Waals surface area contributed by atoms with Crippen LogP contribution in [0.25, 0.3) is 6.08 Å². The molecule has 0 N–H and O–H groups in total. The molecule has 21 heteroatoms. The molecule has 1 unspecified atom stereocenters. The number of halogens is 9. The second-order valence-corrected chi connectivity index (χ2v) is 16.2. The van der Waals surface area contributed by atoms with Crippen LogP contribution < -0.4 is 9.47 Å². The highest BCUT2D eigenvalue weighted by Crippen LogP contribution is 2.42. The summed E-state index contributed by atoms with van der Waals surface area (Å²) in [5.41, 5.74) is -4.07. The first-order chi connectivity index (χ1) is 28.2. The van der Waals surface area contributed by atoms with Crippen molar-refractivity contribution in [2.75, 3.05) is 6.54 Å². The lowest BCUT2D eigenvalue weighted by molar-refractivity contribution is -0.139. The maximum Gasteiger partial charge on any atom is 0.420 e. The average Bonchev–Trinajstić information content (AvgIpc) is 3.12.